The molecule has 0 atom stereocenters. The van der Waals surface area contributed by atoms with Crippen LogP contribution in [0.15, 0.2) is 24.3 Å². The number of aromatic nitrogens is 3. The van der Waals surface area contributed by atoms with Crippen molar-refractivity contribution in [3.63, 3.8) is 0 Å². The van der Waals surface area contributed by atoms with Gasteiger partial charge in [0.05, 0.1) is 18.5 Å². The lowest BCUT2D eigenvalue weighted by Gasteiger charge is -2.04. The summed E-state index contributed by atoms with van der Waals surface area (Å²) in [5, 5.41) is 7.79. The summed E-state index contributed by atoms with van der Waals surface area (Å²) in [6, 6.07) is 7.82. The van der Waals surface area contributed by atoms with Gasteiger partial charge < -0.3 is 4.74 Å². The number of rotatable bonds is 2. The summed E-state index contributed by atoms with van der Waals surface area (Å²) in [4.78, 5) is 11.4. The van der Waals surface area contributed by atoms with Gasteiger partial charge in [-0.3, -0.25) is 0 Å². The Balaban J connectivity index is 2.48. The molecule has 0 saturated heterocycles. The molecule has 88 valence electrons. The molecule has 0 radical (unpaired) electrons. The van der Waals surface area contributed by atoms with Crippen molar-refractivity contribution < 1.29 is 9.53 Å². The van der Waals surface area contributed by atoms with E-state index in [4.69, 9.17) is 0 Å². The van der Waals surface area contributed by atoms with Crippen LogP contribution >= 0.6 is 0 Å². The molecule has 0 aliphatic carbocycles. The lowest BCUT2D eigenvalue weighted by molar-refractivity contribution is 0.0593. The van der Waals surface area contributed by atoms with Gasteiger partial charge in [0.2, 0.25) is 0 Å². The number of carbonyl (C=O) groups is 1. The highest BCUT2D eigenvalue weighted by molar-refractivity contribution is 5.88. The van der Waals surface area contributed by atoms with Gasteiger partial charge in [-0.1, -0.05) is 17.3 Å². The molecule has 0 aliphatic heterocycles. The summed E-state index contributed by atoms with van der Waals surface area (Å²) in [6.45, 7) is 3.78. The molecule has 2 rings (SSSR count). The molecule has 0 amide bonds. The van der Waals surface area contributed by atoms with Crippen molar-refractivity contribution in [2.75, 3.05) is 7.11 Å². The Morgan fingerprint density at radius 1 is 1.35 bits per heavy atom. The van der Waals surface area contributed by atoms with Crippen LogP contribution in [0.3, 0.4) is 0 Å². The van der Waals surface area contributed by atoms with E-state index in [2.05, 4.69) is 15.0 Å². The molecule has 5 heteroatoms. The van der Waals surface area contributed by atoms with E-state index in [0.29, 0.717) is 5.69 Å². The van der Waals surface area contributed by atoms with Gasteiger partial charge in [0.15, 0.2) is 5.69 Å². The number of carbonyl (C=O) groups excluding carboxylic acids is 1. The Labute approximate surface area is 99.0 Å². The second-order valence-electron chi connectivity index (χ2n) is 3.77. The second-order valence-corrected chi connectivity index (χ2v) is 3.77. The maximum Gasteiger partial charge on any atom is 0.360 e. The van der Waals surface area contributed by atoms with E-state index in [1.807, 2.05) is 31.2 Å². The van der Waals surface area contributed by atoms with Crippen LogP contribution in [0, 0.1) is 13.8 Å². The average molecular weight is 231 g/mol. The molecular weight excluding hydrogens is 218 g/mol. The molecule has 0 saturated carbocycles. The van der Waals surface area contributed by atoms with E-state index >= 15 is 0 Å². The monoisotopic (exact) mass is 231 g/mol. The van der Waals surface area contributed by atoms with Crippen molar-refractivity contribution >= 4 is 5.97 Å². The molecule has 0 unspecified atom stereocenters. The van der Waals surface area contributed by atoms with Crippen molar-refractivity contribution in [3.05, 3.63) is 41.2 Å². The third-order valence-electron chi connectivity index (χ3n) is 2.52. The molecule has 0 N–H and O–H groups in total. The van der Waals surface area contributed by atoms with E-state index < -0.39 is 5.97 Å². The third-order valence-corrected chi connectivity index (χ3v) is 2.52. The maximum atomic E-state index is 11.4. The minimum absolute atomic E-state index is 0.244. The van der Waals surface area contributed by atoms with E-state index in [0.717, 1.165) is 11.3 Å². The number of hydrogen-bond acceptors (Lipinski definition) is 4. The van der Waals surface area contributed by atoms with Gasteiger partial charge in [-0.2, -0.15) is 0 Å². The molecule has 1 heterocycles. The molecule has 0 aliphatic rings. The Morgan fingerprint density at radius 3 is 2.76 bits per heavy atom. The zero-order valence-electron chi connectivity index (χ0n) is 9.97. The van der Waals surface area contributed by atoms with Crippen molar-refractivity contribution in [1.82, 2.24) is 15.0 Å². The van der Waals surface area contributed by atoms with Crippen molar-refractivity contribution in [2.45, 2.75) is 13.8 Å². The van der Waals surface area contributed by atoms with Crippen LogP contribution < -0.4 is 0 Å². The van der Waals surface area contributed by atoms with Gasteiger partial charge in [-0.15, -0.1) is 5.10 Å². The fraction of sp³-hybridized carbons (Fsp3) is 0.250. The molecule has 17 heavy (non-hydrogen) atoms. The SMILES string of the molecule is COC(=O)c1nnn(-c2cccc(C)c2)c1C. The third kappa shape index (κ3) is 2.04. The van der Waals surface area contributed by atoms with Crippen LogP contribution in [0.5, 0.6) is 0 Å². The van der Waals surface area contributed by atoms with Crippen LogP contribution in [0.2, 0.25) is 0 Å². The summed E-state index contributed by atoms with van der Waals surface area (Å²) >= 11 is 0. The zero-order chi connectivity index (χ0) is 12.4. The summed E-state index contributed by atoms with van der Waals surface area (Å²) < 4.78 is 6.26. The molecule has 0 fully saturated rings. The maximum absolute atomic E-state index is 11.4. The van der Waals surface area contributed by atoms with Crippen LogP contribution in [0.25, 0.3) is 5.69 Å². The lowest BCUT2D eigenvalue weighted by atomic mass is 10.2. The predicted octanol–water partition coefficient (Wildman–Crippen LogP) is 1.67. The number of ether oxygens (including phenoxy) is 1. The van der Waals surface area contributed by atoms with Gasteiger partial charge in [0.1, 0.15) is 0 Å². The second kappa shape index (κ2) is 4.37. The van der Waals surface area contributed by atoms with Crippen LogP contribution in [0.1, 0.15) is 21.7 Å². The fourth-order valence-corrected chi connectivity index (χ4v) is 1.62. The smallest absolute Gasteiger partial charge is 0.360 e. The van der Waals surface area contributed by atoms with Gasteiger partial charge in [-0.05, 0) is 31.5 Å². The highest BCUT2D eigenvalue weighted by atomic mass is 16.5. The molecule has 1 aromatic carbocycles. The van der Waals surface area contributed by atoms with Gasteiger partial charge in [0.25, 0.3) is 0 Å². The largest absolute Gasteiger partial charge is 0.464 e. The van der Waals surface area contributed by atoms with Crippen LogP contribution in [0.4, 0.5) is 0 Å². The van der Waals surface area contributed by atoms with Gasteiger partial charge >= 0.3 is 5.97 Å². The minimum Gasteiger partial charge on any atom is -0.464 e. The molecule has 2 aromatic rings. The zero-order valence-corrected chi connectivity index (χ0v) is 9.97. The number of methoxy groups -OCH3 is 1. The number of esters is 1. The van der Waals surface area contributed by atoms with Crippen molar-refractivity contribution in [1.29, 1.82) is 0 Å². The first-order valence-corrected chi connectivity index (χ1v) is 5.21. The number of hydrogen-bond donors (Lipinski definition) is 0. The Kier molecular flexibility index (Phi) is 2.91. The minimum atomic E-state index is -0.471. The summed E-state index contributed by atoms with van der Waals surface area (Å²) in [7, 11) is 1.33. The van der Waals surface area contributed by atoms with E-state index in [1.165, 1.54) is 7.11 Å². The molecule has 5 nitrogen and oxygen atoms in total. The fourth-order valence-electron chi connectivity index (χ4n) is 1.62. The van der Waals surface area contributed by atoms with Gasteiger partial charge in [-0.25, -0.2) is 9.48 Å². The van der Waals surface area contributed by atoms with Crippen molar-refractivity contribution in [3.8, 4) is 5.69 Å². The Hall–Kier alpha value is -2.17. The predicted molar refractivity (Wildman–Crippen MR) is 62.2 cm³/mol. The summed E-state index contributed by atoms with van der Waals surface area (Å²) in [6.07, 6.45) is 0. The van der Waals surface area contributed by atoms with E-state index in [1.54, 1.807) is 11.6 Å². The normalized spacial score (nSPS) is 10.3. The highest BCUT2D eigenvalue weighted by Crippen LogP contribution is 2.13. The number of benzene rings is 1. The number of nitrogens with zero attached hydrogens (tertiary/aromatic N) is 3. The summed E-state index contributed by atoms with van der Waals surface area (Å²) in [5.41, 5.74) is 2.92. The quantitative estimate of drug-likeness (QED) is 0.738. The van der Waals surface area contributed by atoms with Crippen LogP contribution in [-0.4, -0.2) is 28.1 Å². The molecular formula is C12H13N3O2. The lowest BCUT2D eigenvalue weighted by Crippen LogP contribution is -2.05. The standard InChI is InChI=1S/C12H13N3O2/c1-8-5-4-6-10(7-8)15-9(2)11(13-14-15)12(16)17-3/h4-7H,1-3H3. The van der Waals surface area contributed by atoms with Crippen molar-refractivity contribution in [2.24, 2.45) is 0 Å². The van der Waals surface area contributed by atoms with Gasteiger partial charge in [0, 0.05) is 0 Å². The van der Waals surface area contributed by atoms with E-state index in [9.17, 15) is 4.79 Å². The summed E-state index contributed by atoms with van der Waals surface area (Å²) in [5.74, 6) is -0.471. The molecule has 1 aromatic heterocycles. The number of aryl methyl sites for hydroxylation is 1. The Bertz CT molecular complexity index is 561. The Morgan fingerprint density at radius 2 is 2.12 bits per heavy atom. The first-order valence-electron chi connectivity index (χ1n) is 5.21. The molecule has 0 bridgehead atoms. The first kappa shape index (κ1) is 11.3. The highest BCUT2D eigenvalue weighted by Gasteiger charge is 2.17. The molecule has 0 spiro atoms. The van der Waals surface area contributed by atoms with E-state index in [-0.39, 0.29) is 5.69 Å². The van der Waals surface area contributed by atoms with Crippen LogP contribution in [-0.2, 0) is 4.74 Å². The topological polar surface area (TPSA) is 57.0 Å². The first-order chi connectivity index (χ1) is 8.13. The average Bonchev–Trinajstić information content (AvgIpc) is 2.70.